The van der Waals surface area contributed by atoms with Crippen molar-refractivity contribution in [2.24, 2.45) is 0 Å². The lowest BCUT2D eigenvalue weighted by molar-refractivity contribution is 0.102. The summed E-state index contributed by atoms with van der Waals surface area (Å²) in [5.41, 5.74) is 2.32. The normalized spacial score (nSPS) is 17.8. The van der Waals surface area contributed by atoms with Crippen LogP contribution in [0.3, 0.4) is 0 Å². The van der Waals surface area contributed by atoms with Crippen molar-refractivity contribution in [3.8, 4) is 0 Å². The van der Waals surface area contributed by atoms with Gasteiger partial charge < -0.3 is 20.4 Å². The Bertz CT molecular complexity index is 766. The Hall–Kier alpha value is -2.67. The van der Waals surface area contributed by atoms with Crippen molar-refractivity contribution in [2.45, 2.75) is 18.9 Å². The molecule has 4 rings (SSSR count). The molecule has 7 nitrogen and oxygen atoms in total. The zero-order valence-corrected chi connectivity index (χ0v) is 15.0. The Labute approximate surface area is 153 Å². The molecule has 136 valence electrons. The number of benzene rings is 1. The third-order valence-electron chi connectivity index (χ3n) is 4.79. The minimum absolute atomic E-state index is 0.224. The van der Waals surface area contributed by atoms with Crippen LogP contribution in [0.25, 0.3) is 0 Å². The number of carbonyl (C=O) groups excluding carboxylic acids is 1. The molecule has 1 saturated carbocycles. The van der Waals surface area contributed by atoms with Crippen molar-refractivity contribution in [2.75, 3.05) is 48.8 Å². The highest BCUT2D eigenvalue weighted by atomic mass is 16.1. The van der Waals surface area contributed by atoms with Crippen LogP contribution >= 0.6 is 0 Å². The number of aromatic nitrogens is 2. The second kappa shape index (κ2) is 7.29. The van der Waals surface area contributed by atoms with Gasteiger partial charge in [-0.1, -0.05) is 0 Å². The van der Waals surface area contributed by atoms with Crippen molar-refractivity contribution in [1.82, 2.24) is 14.9 Å². The molecule has 1 aromatic heterocycles. The van der Waals surface area contributed by atoms with Crippen LogP contribution < -0.4 is 15.5 Å². The number of amides is 1. The first-order valence-corrected chi connectivity index (χ1v) is 9.12. The van der Waals surface area contributed by atoms with Gasteiger partial charge in [-0.25, -0.2) is 9.97 Å². The summed E-state index contributed by atoms with van der Waals surface area (Å²) in [6.07, 6.45) is 3.89. The van der Waals surface area contributed by atoms with E-state index in [9.17, 15) is 4.79 Å². The van der Waals surface area contributed by atoms with Crippen molar-refractivity contribution in [1.29, 1.82) is 0 Å². The Morgan fingerprint density at radius 3 is 2.50 bits per heavy atom. The highest BCUT2D eigenvalue weighted by Gasteiger charge is 2.22. The molecule has 0 unspecified atom stereocenters. The first-order valence-electron chi connectivity index (χ1n) is 9.12. The summed E-state index contributed by atoms with van der Waals surface area (Å²) in [7, 11) is 2.15. The van der Waals surface area contributed by atoms with Crippen LogP contribution in [0.2, 0.25) is 0 Å². The lowest BCUT2D eigenvalue weighted by Gasteiger charge is -2.34. The molecule has 0 atom stereocenters. The molecule has 0 spiro atoms. The molecule has 2 aliphatic rings. The zero-order valence-electron chi connectivity index (χ0n) is 15.0. The molecule has 1 aliphatic carbocycles. The van der Waals surface area contributed by atoms with Gasteiger partial charge in [0.05, 0.1) is 0 Å². The van der Waals surface area contributed by atoms with E-state index in [1.165, 1.54) is 5.69 Å². The minimum atomic E-state index is -0.224. The van der Waals surface area contributed by atoms with Crippen LogP contribution in [0.1, 0.15) is 23.3 Å². The van der Waals surface area contributed by atoms with E-state index >= 15 is 0 Å². The van der Waals surface area contributed by atoms with Crippen LogP contribution in [0, 0.1) is 0 Å². The Balaban J connectivity index is 1.38. The van der Waals surface area contributed by atoms with E-state index in [0.29, 0.717) is 17.7 Å². The number of anilines is 3. The van der Waals surface area contributed by atoms with Crippen molar-refractivity contribution in [3.63, 3.8) is 0 Å². The lowest BCUT2D eigenvalue weighted by atomic mass is 10.2. The third kappa shape index (κ3) is 4.11. The summed E-state index contributed by atoms with van der Waals surface area (Å²) in [5, 5.41) is 6.12. The van der Waals surface area contributed by atoms with Gasteiger partial charge >= 0.3 is 0 Å². The van der Waals surface area contributed by atoms with Gasteiger partial charge in [0.2, 0.25) is 5.95 Å². The summed E-state index contributed by atoms with van der Waals surface area (Å²) >= 11 is 0. The topological polar surface area (TPSA) is 73.4 Å². The highest BCUT2D eigenvalue weighted by molar-refractivity contribution is 6.03. The van der Waals surface area contributed by atoms with Gasteiger partial charge in [0.1, 0.15) is 5.69 Å². The molecule has 26 heavy (non-hydrogen) atoms. The monoisotopic (exact) mass is 352 g/mol. The Morgan fingerprint density at radius 2 is 1.81 bits per heavy atom. The Morgan fingerprint density at radius 1 is 1.08 bits per heavy atom. The van der Waals surface area contributed by atoms with Gasteiger partial charge in [0.25, 0.3) is 5.91 Å². The summed E-state index contributed by atoms with van der Waals surface area (Å²) in [6.45, 7) is 4.20. The maximum absolute atomic E-state index is 12.4. The molecular weight excluding hydrogens is 328 g/mol. The maximum Gasteiger partial charge on any atom is 0.274 e. The fourth-order valence-electron chi connectivity index (χ4n) is 2.98. The van der Waals surface area contributed by atoms with E-state index in [4.69, 9.17) is 0 Å². The number of piperazine rings is 1. The molecule has 1 aromatic carbocycles. The average Bonchev–Trinajstić information content (AvgIpc) is 3.47. The molecule has 2 aromatic rings. The predicted molar refractivity (Wildman–Crippen MR) is 103 cm³/mol. The third-order valence-corrected chi connectivity index (χ3v) is 4.79. The number of rotatable bonds is 5. The van der Waals surface area contributed by atoms with Crippen molar-refractivity contribution >= 4 is 23.2 Å². The van der Waals surface area contributed by atoms with E-state index < -0.39 is 0 Å². The average molecular weight is 352 g/mol. The van der Waals surface area contributed by atoms with Crippen LogP contribution in [0.15, 0.2) is 36.5 Å². The molecule has 7 heteroatoms. The molecule has 0 bridgehead atoms. The smallest absolute Gasteiger partial charge is 0.274 e. The molecule has 2 N–H and O–H groups in total. The summed E-state index contributed by atoms with van der Waals surface area (Å²) in [5.74, 6) is 0.296. The molecule has 2 fully saturated rings. The second-order valence-corrected chi connectivity index (χ2v) is 6.98. The number of nitrogens with one attached hydrogen (secondary N) is 2. The van der Waals surface area contributed by atoms with Crippen LogP contribution in [-0.2, 0) is 0 Å². The predicted octanol–water partition coefficient (Wildman–Crippen LogP) is 2.05. The zero-order chi connectivity index (χ0) is 17.9. The van der Waals surface area contributed by atoms with Gasteiger partial charge in [-0.3, -0.25) is 4.79 Å². The summed E-state index contributed by atoms with van der Waals surface area (Å²) < 4.78 is 0. The molecule has 1 saturated heterocycles. The fourth-order valence-corrected chi connectivity index (χ4v) is 2.98. The molecular formula is C19H24N6O. The molecule has 1 amide bonds. The van der Waals surface area contributed by atoms with E-state index in [1.54, 1.807) is 12.3 Å². The molecule has 0 radical (unpaired) electrons. The first-order chi connectivity index (χ1) is 12.7. The number of hydrogen-bond acceptors (Lipinski definition) is 6. The quantitative estimate of drug-likeness (QED) is 0.858. The lowest BCUT2D eigenvalue weighted by Crippen LogP contribution is -2.44. The van der Waals surface area contributed by atoms with Gasteiger partial charge in [-0.05, 0) is 50.2 Å². The van der Waals surface area contributed by atoms with Crippen LogP contribution in [0.5, 0.6) is 0 Å². The standard InChI is InChI=1S/C19H24N6O/c1-24-10-12-25(13-11-24)16-6-4-14(5-7-16)21-18(26)17-8-9-20-19(23-17)22-15-2-3-15/h4-9,15H,2-3,10-13H2,1H3,(H,21,26)(H,20,22,23). The number of likely N-dealkylation sites (N-methyl/N-ethyl adjacent to an activating group) is 1. The molecule has 1 aliphatic heterocycles. The highest BCUT2D eigenvalue weighted by Crippen LogP contribution is 2.23. The number of carbonyl (C=O) groups is 1. The van der Waals surface area contributed by atoms with Crippen LogP contribution in [-0.4, -0.2) is 60.0 Å². The van der Waals surface area contributed by atoms with Gasteiger partial charge in [0.15, 0.2) is 0 Å². The van der Waals surface area contributed by atoms with E-state index in [2.05, 4.69) is 49.6 Å². The number of nitrogens with zero attached hydrogens (tertiary/aromatic N) is 4. The van der Waals surface area contributed by atoms with Gasteiger partial charge in [-0.2, -0.15) is 0 Å². The summed E-state index contributed by atoms with van der Waals surface area (Å²) in [6, 6.07) is 10.1. The fraction of sp³-hybridized carbons (Fsp3) is 0.421. The molecule has 2 heterocycles. The van der Waals surface area contributed by atoms with Crippen LogP contribution in [0.4, 0.5) is 17.3 Å². The maximum atomic E-state index is 12.4. The van der Waals surface area contributed by atoms with Crippen molar-refractivity contribution < 1.29 is 4.79 Å². The van der Waals surface area contributed by atoms with Gasteiger partial charge in [0, 0.05) is 49.8 Å². The van der Waals surface area contributed by atoms with E-state index in [-0.39, 0.29) is 5.91 Å². The van der Waals surface area contributed by atoms with Crippen molar-refractivity contribution in [3.05, 3.63) is 42.2 Å². The minimum Gasteiger partial charge on any atom is -0.369 e. The largest absolute Gasteiger partial charge is 0.369 e. The Kier molecular flexibility index (Phi) is 4.71. The van der Waals surface area contributed by atoms with Gasteiger partial charge in [-0.15, -0.1) is 0 Å². The van der Waals surface area contributed by atoms with E-state index in [0.717, 1.165) is 44.7 Å². The summed E-state index contributed by atoms with van der Waals surface area (Å²) in [4.78, 5) is 25.6. The first kappa shape index (κ1) is 16.8. The SMILES string of the molecule is CN1CCN(c2ccc(NC(=O)c3ccnc(NC4CC4)n3)cc2)CC1. The second-order valence-electron chi connectivity index (χ2n) is 6.98. The van der Waals surface area contributed by atoms with E-state index in [1.807, 2.05) is 12.1 Å². The number of hydrogen-bond donors (Lipinski definition) is 2.